The summed E-state index contributed by atoms with van der Waals surface area (Å²) in [6.07, 6.45) is 3.75. The molecule has 236 valence electrons. The molecule has 0 spiro atoms. The zero-order chi connectivity index (χ0) is 31.6. The molecule has 5 rings (SSSR count). The summed E-state index contributed by atoms with van der Waals surface area (Å²) in [5.74, 6) is 0.349. The van der Waals surface area contributed by atoms with Crippen molar-refractivity contribution >= 4 is 23.2 Å². The van der Waals surface area contributed by atoms with Crippen LogP contribution in [0.4, 0.5) is 0 Å². The zero-order valence-corrected chi connectivity index (χ0v) is 26.8. The number of benzene rings is 3. The second-order valence-corrected chi connectivity index (χ2v) is 12.6. The van der Waals surface area contributed by atoms with Crippen molar-refractivity contribution in [3.8, 4) is 5.75 Å². The maximum absolute atomic E-state index is 13.9. The summed E-state index contributed by atoms with van der Waals surface area (Å²) in [4.78, 5) is 34.0. The lowest BCUT2D eigenvalue weighted by Gasteiger charge is -2.28. The molecule has 8 nitrogen and oxygen atoms in total. The van der Waals surface area contributed by atoms with E-state index < -0.39 is 12.1 Å². The van der Waals surface area contributed by atoms with Crippen LogP contribution in [0.5, 0.6) is 5.75 Å². The van der Waals surface area contributed by atoms with Crippen molar-refractivity contribution in [2.75, 3.05) is 13.7 Å². The normalized spacial score (nSPS) is 14.6. The number of aliphatic hydroxyl groups excluding tert-OH is 1. The molecule has 0 bridgehead atoms. The number of carbonyl (C=O) groups is 2. The summed E-state index contributed by atoms with van der Waals surface area (Å²) < 4.78 is 5.31. The Morgan fingerprint density at radius 3 is 2.47 bits per heavy atom. The quantitative estimate of drug-likeness (QED) is 0.170. The number of aliphatic hydroxyl groups is 1. The van der Waals surface area contributed by atoms with Gasteiger partial charge in [-0.15, -0.1) is 11.3 Å². The third-order valence-electron chi connectivity index (χ3n) is 8.27. The van der Waals surface area contributed by atoms with Gasteiger partial charge in [-0.3, -0.25) is 9.59 Å². The molecule has 1 saturated carbocycles. The van der Waals surface area contributed by atoms with Gasteiger partial charge in [0.1, 0.15) is 10.8 Å². The molecule has 9 heteroatoms. The predicted octanol–water partition coefficient (Wildman–Crippen LogP) is 5.54. The second kappa shape index (κ2) is 15.8. The van der Waals surface area contributed by atoms with E-state index in [1.807, 2.05) is 71.8 Å². The zero-order valence-electron chi connectivity index (χ0n) is 25.9. The van der Waals surface area contributed by atoms with Crippen LogP contribution in [-0.4, -0.2) is 58.6 Å². The summed E-state index contributed by atoms with van der Waals surface area (Å²) in [6, 6.07) is 24.1. The van der Waals surface area contributed by atoms with Crippen molar-refractivity contribution in [3.05, 3.63) is 117 Å². The van der Waals surface area contributed by atoms with E-state index >= 15 is 0 Å². The van der Waals surface area contributed by atoms with Crippen LogP contribution in [0, 0.1) is 6.92 Å². The molecule has 2 amide bonds. The number of amides is 2. The van der Waals surface area contributed by atoms with E-state index in [2.05, 4.69) is 15.6 Å². The number of rotatable bonds is 14. The summed E-state index contributed by atoms with van der Waals surface area (Å²) >= 11 is 1.57. The molecule has 4 aromatic rings. The first-order valence-corrected chi connectivity index (χ1v) is 16.5. The molecule has 0 aliphatic heterocycles. The van der Waals surface area contributed by atoms with E-state index in [1.54, 1.807) is 42.7 Å². The van der Waals surface area contributed by atoms with Gasteiger partial charge in [0.2, 0.25) is 0 Å². The average Bonchev–Trinajstić information content (AvgIpc) is 3.75. The number of ether oxygens (including phenoxy) is 1. The Balaban J connectivity index is 1.28. The van der Waals surface area contributed by atoms with E-state index in [1.165, 1.54) is 0 Å². The van der Waals surface area contributed by atoms with Gasteiger partial charge in [0.15, 0.2) is 0 Å². The van der Waals surface area contributed by atoms with E-state index in [4.69, 9.17) is 4.74 Å². The lowest BCUT2D eigenvalue weighted by atomic mass is 10.00. The molecule has 3 aromatic carbocycles. The molecule has 1 heterocycles. The van der Waals surface area contributed by atoms with Crippen LogP contribution in [0.15, 0.2) is 84.2 Å². The molecule has 0 radical (unpaired) electrons. The van der Waals surface area contributed by atoms with Crippen molar-refractivity contribution in [2.45, 2.75) is 70.3 Å². The lowest BCUT2D eigenvalue weighted by Crippen LogP contribution is -2.48. The van der Waals surface area contributed by atoms with Crippen LogP contribution < -0.4 is 15.4 Å². The van der Waals surface area contributed by atoms with Crippen LogP contribution >= 0.6 is 11.3 Å². The van der Waals surface area contributed by atoms with E-state index in [9.17, 15) is 14.7 Å². The molecular formula is C36H42N4O4S. The highest BCUT2D eigenvalue weighted by molar-refractivity contribution is 7.09. The number of carbonyl (C=O) groups excluding carboxylic acids is 2. The molecule has 45 heavy (non-hydrogen) atoms. The monoisotopic (exact) mass is 626 g/mol. The van der Waals surface area contributed by atoms with Crippen LogP contribution in [-0.2, 0) is 19.5 Å². The van der Waals surface area contributed by atoms with Gasteiger partial charge in [-0.2, -0.15) is 0 Å². The minimum atomic E-state index is -0.857. The van der Waals surface area contributed by atoms with Crippen molar-refractivity contribution in [3.63, 3.8) is 0 Å². The number of aryl methyl sites for hydroxylation is 1. The summed E-state index contributed by atoms with van der Waals surface area (Å²) in [7, 11) is 1.63. The van der Waals surface area contributed by atoms with Gasteiger partial charge in [-0.1, -0.05) is 61.4 Å². The molecule has 1 aliphatic carbocycles. The average molecular weight is 627 g/mol. The van der Waals surface area contributed by atoms with Crippen LogP contribution in [0.25, 0.3) is 0 Å². The molecule has 0 saturated heterocycles. The molecule has 1 fully saturated rings. The molecular weight excluding hydrogens is 584 g/mol. The molecule has 3 N–H and O–H groups in total. The van der Waals surface area contributed by atoms with E-state index in [0.717, 1.165) is 53.3 Å². The molecule has 2 atom stereocenters. The number of hydrogen-bond donors (Lipinski definition) is 3. The highest BCUT2D eigenvalue weighted by Gasteiger charge is 2.29. The first kappa shape index (κ1) is 32.3. The van der Waals surface area contributed by atoms with E-state index in [0.29, 0.717) is 30.6 Å². The van der Waals surface area contributed by atoms with Gasteiger partial charge in [-0.25, -0.2) is 4.98 Å². The van der Waals surface area contributed by atoms with Gasteiger partial charge in [-0.05, 0) is 67.6 Å². The maximum Gasteiger partial charge on any atom is 0.254 e. The molecule has 1 aromatic heterocycles. The number of methoxy groups -OCH3 is 1. The Hall–Kier alpha value is -4.05. The van der Waals surface area contributed by atoms with Gasteiger partial charge < -0.3 is 25.4 Å². The van der Waals surface area contributed by atoms with Crippen molar-refractivity contribution in [2.24, 2.45) is 0 Å². The van der Waals surface area contributed by atoms with Crippen LogP contribution in [0.3, 0.4) is 0 Å². The van der Waals surface area contributed by atoms with Gasteiger partial charge in [0, 0.05) is 41.3 Å². The Morgan fingerprint density at radius 2 is 1.73 bits per heavy atom. The topological polar surface area (TPSA) is 104 Å². The smallest absolute Gasteiger partial charge is 0.254 e. The van der Waals surface area contributed by atoms with Crippen molar-refractivity contribution < 1.29 is 19.4 Å². The number of nitrogens with one attached hydrogen (secondary N) is 2. The SMILES string of the molecule is COc1cccc(CNC[C@@H](O)[C@H](Cc2ccccc2)NC(=O)c2cccc(C(=O)N(Cc3nc(C)cs3)C3CCCC3)c2)c1. The summed E-state index contributed by atoms with van der Waals surface area (Å²) in [5.41, 5.74) is 3.84. The second-order valence-electron chi connectivity index (χ2n) is 11.7. The van der Waals surface area contributed by atoms with Crippen LogP contribution in [0.1, 0.15) is 68.2 Å². The highest BCUT2D eigenvalue weighted by atomic mass is 32.1. The largest absolute Gasteiger partial charge is 0.497 e. The predicted molar refractivity (Wildman–Crippen MR) is 178 cm³/mol. The van der Waals surface area contributed by atoms with E-state index in [-0.39, 0.29) is 24.4 Å². The minimum absolute atomic E-state index is 0.0907. The van der Waals surface area contributed by atoms with Crippen molar-refractivity contribution in [1.29, 1.82) is 0 Å². The summed E-state index contributed by atoms with van der Waals surface area (Å²) in [6.45, 7) is 3.25. The van der Waals surface area contributed by atoms with Gasteiger partial charge in [0.25, 0.3) is 11.8 Å². The van der Waals surface area contributed by atoms with Crippen molar-refractivity contribution in [1.82, 2.24) is 20.5 Å². The number of nitrogens with zero attached hydrogens (tertiary/aromatic N) is 2. The van der Waals surface area contributed by atoms with Crippen LogP contribution in [0.2, 0.25) is 0 Å². The number of aromatic nitrogens is 1. The lowest BCUT2D eigenvalue weighted by molar-refractivity contribution is 0.0664. The fraction of sp³-hybridized carbons (Fsp3) is 0.361. The standard InChI is InChI=1S/C36H42N4O4S/c1-25-24-45-34(38-25)23-40(30-15-6-7-16-30)36(43)29-14-9-13-28(20-29)35(42)39-32(19-26-10-4-3-5-11-26)33(41)22-37-21-27-12-8-17-31(18-27)44-2/h3-5,8-14,17-18,20,24,30,32-33,37,41H,6-7,15-16,19,21-23H2,1-2H3,(H,39,42)/t32-,33+/m0/s1. The molecule has 1 aliphatic rings. The minimum Gasteiger partial charge on any atom is -0.497 e. The third kappa shape index (κ3) is 9.00. The Kier molecular flexibility index (Phi) is 11.4. The fourth-order valence-electron chi connectivity index (χ4n) is 5.86. The number of thiazole rings is 1. The Morgan fingerprint density at radius 1 is 1.00 bits per heavy atom. The highest BCUT2D eigenvalue weighted by Crippen LogP contribution is 2.27. The number of hydrogen-bond acceptors (Lipinski definition) is 7. The third-order valence-corrected chi connectivity index (χ3v) is 9.22. The maximum atomic E-state index is 13.9. The molecule has 0 unspecified atom stereocenters. The van der Waals surface area contributed by atoms with Gasteiger partial charge in [0.05, 0.1) is 25.8 Å². The summed E-state index contributed by atoms with van der Waals surface area (Å²) in [5, 5.41) is 20.5. The van der Waals surface area contributed by atoms with Gasteiger partial charge >= 0.3 is 0 Å². The Labute approximate surface area is 269 Å². The Bertz CT molecular complexity index is 1550. The first-order chi connectivity index (χ1) is 21.9. The first-order valence-electron chi connectivity index (χ1n) is 15.6. The fourth-order valence-corrected chi connectivity index (χ4v) is 6.62.